The van der Waals surface area contributed by atoms with Gasteiger partial charge in [0.25, 0.3) is 0 Å². The van der Waals surface area contributed by atoms with Gasteiger partial charge < -0.3 is 9.47 Å². The number of hydrogen-bond acceptors (Lipinski definition) is 5. The summed E-state index contributed by atoms with van der Waals surface area (Å²) in [5.74, 6) is 2.17. The Labute approximate surface area is 195 Å². The molecule has 1 aliphatic heterocycles. The lowest BCUT2D eigenvalue weighted by molar-refractivity contribution is -0.137. The van der Waals surface area contributed by atoms with Gasteiger partial charge in [0.1, 0.15) is 0 Å². The van der Waals surface area contributed by atoms with E-state index < -0.39 is 11.7 Å². The SMILES string of the molecule is Cn1cc(-c2nnc(SCCCN3CCC4(C[C@H]4c4ccc(C(F)(F)F)cc4)C3)n2C)cn1. The molecule has 33 heavy (non-hydrogen) atoms. The zero-order chi connectivity index (χ0) is 23.2. The van der Waals surface area contributed by atoms with Crippen molar-refractivity contribution in [3.8, 4) is 11.4 Å². The van der Waals surface area contributed by atoms with Crippen LogP contribution < -0.4 is 0 Å². The van der Waals surface area contributed by atoms with Crippen LogP contribution in [0.2, 0.25) is 0 Å². The number of hydrogen-bond donors (Lipinski definition) is 0. The maximum absolute atomic E-state index is 12.8. The van der Waals surface area contributed by atoms with Gasteiger partial charge in [-0.05, 0) is 61.4 Å². The quantitative estimate of drug-likeness (QED) is 0.369. The fourth-order valence-corrected chi connectivity index (χ4v) is 5.86. The Bertz CT molecular complexity index is 1120. The van der Waals surface area contributed by atoms with Gasteiger partial charge in [-0.3, -0.25) is 4.68 Å². The van der Waals surface area contributed by atoms with Gasteiger partial charge >= 0.3 is 6.18 Å². The van der Waals surface area contributed by atoms with E-state index in [1.165, 1.54) is 12.1 Å². The molecule has 2 aromatic heterocycles. The monoisotopic (exact) mass is 476 g/mol. The first-order valence-corrected chi connectivity index (χ1v) is 12.1. The molecule has 1 saturated heterocycles. The predicted molar refractivity (Wildman–Crippen MR) is 121 cm³/mol. The zero-order valence-electron chi connectivity index (χ0n) is 18.7. The van der Waals surface area contributed by atoms with Crippen LogP contribution in [0.4, 0.5) is 13.2 Å². The van der Waals surface area contributed by atoms with Gasteiger partial charge in [-0.15, -0.1) is 10.2 Å². The molecule has 2 aliphatic rings. The molecule has 0 N–H and O–H groups in total. The fourth-order valence-electron chi connectivity index (χ4n) is 5.03. The molecule has 1 aliphatic carbocycles. The summed E-state index contributed by atoms with van der Waals surface area (Å²) >= 11 is 1.71. The molecule has 3 aromatic rings. The van der Waals surface area contributed by atoms with Gasteiger partial charge in [-0.1, -0.05) is 23.9 Å². The second-order valence-electron chi connectivity index (χ2n) is 9.23. The number of benzene rings is 1. The number of halogens is 3. The van der Waals surface area contributed by atoms with Crippen LogP contribution in [0.3, 0.4) is 0 Å². The van der Waals surface area contributed by atoms with Crippen molar-refractivity contribution in [2.75, 3.05) is 25.4 Å². The predicted octanol–water partition coefficient (Wildman–Crippen LogP) is 4.60. The second kappa shape index (κ2) is 8.47. The normalized spacial score (nSPS) is 23.0. The van der Waals surface area contributed by atoms with Gasteiger partial charge in [-0.25, -0.2) is 0 Å². The average Bonchev–Trinajstić information content (AvgIpc) is 3.06. The third kappa shape index (κ3) is 4.55. The lowest BCUT2D eigenvalue weighted by atomic mass is 9.97. The molecule has 10 heteroatoms. The second-order valence-corrected chi connectivity index (χ2v) is 10.3. The highest BCUT2D eigenvalue weighted by atomic mass is 32.2. The number of thioether (sulfide) groups is 1. The molecule has 5 rings (SSSR count). The molecule has 2 atom stereocenters. The minimum absolute atomic E-state index is 0.259. The fraction of sp³-hybridized carbons (Fsp3) is 0.522. The van der Waals surface area contributed by atoms with Crippen molar-refractivity contribution >= 4 is 11.8 Å². The van der Waals surface area contributed by atoms with Gasteiger partial charge in [-0.2, -0.15) is 18.3 Å². The van der Waals surface area contributed by atoms with E-state index in [0.29, 0.717) is 5.92 Å². The summed E-state index contributed by atoms with van der Waals surface area (Å²) in [4.78, 5) is 2.50. The molecule has 0 radical (unpaired) electrons. The standard InChI is InChI=1S/C23H27F3N6S/c1-30-14-17(13-27-30)20-28-29-21(31(20)2)33-11-3-9-32-10-8-22(15-32)12-19(22)16-4-6-18(7-5-16)23(24,25)26/h4-7,13-14,19H,3,8-12,15H2,1-2H3/t19-,22?/m0/s1. The highest BCUT2D eigenvalue weighted by Crippen LogP contribution is 2.64. The number of rotatable bonds is 7. The molecule has 0 bridgehead atoms. The summed E-state index contributed by atoms with van der Waals surface area (Å²) in [6.07, 6.45) is 2.71. The van der Waals surface area contributed by atoms with Crippen LogP contribution in [0.5, 0.6) is 0 Å². The summed E-state index contributed by atoms with van der Waals surface area (Å²) in [7, 11) is 3.86. The summed E-state index contributed by atoms with van der Waals surface area (Å²) < 4.78 is 42.2. The molecule has 1 spiro atoms. The van der Waals surface area contributed by atoms with Crippen molar-refractivity contribution in [2.45, 2.75) is 36.5 Å². The topological polar surface area (TPSA) is 51.8 Å². The summed E-state index contributed by atoms with van der Waals surface area (Å²) in [5, 5.41) is 13.7. The van der Waals surface area contributed by atoms with E-state index in [-0.39, 0.29) is 5.41 Å². The molecular formula is C23H27F3N6S. The van der Waals surface area contributed by atoms with E-state index >= 15 is 0 Å². The molecule has 6 nitrogen and oxygen atoms in total. The minimum atomic E-state index is -4.27. The number of alkyl halides is 3. The van der Waals surface area contributed by atoms with E-state index in [2.05, 4.69) is 20.2 Å². The largest absolute Gasteiger partial charge is 0.416 e. The smallest absolute Gasteiger partial charge is 0.305 e. The Balaban J connectivity index is 1.09. The number of nitrogens with zero attached hydrogens (tertiary/aromatic N) is 6. The molecule has 1 aromatic carbocycles. The Morgan fingerprint density at radius 3 is 2.64 bits per heavy atom. The van der Waals surface area contributed by atoms with Crippen LogP contribution in [0.1, 0.15) is 36.3 Å². The minimum Gasteiger partial charge on any atom is -0.305 e. The molecule has 2 fully saturated rings. The van der Waals surface area contributed by atoms with Gasteiger partial charge in [0.15, 0.2) is 11.0 Å². The summed E-state index contributed by atoms with van der Waals surface area (Å²) in [5.41, 5.74) is 1.69. The third-order valence-electron chi connectivity index (χ3n) is 6.94. The first-order valence-electron chi connectivity index (χ1n) is 11.2. The van der Waals surface area contributed by atoms with Gasteiger partial charge in [0.2, 0.25) is 0 Å². The van der Waals surface area contributed by atoms with Crippen molar-refractivity contribution in [1.82, 2.24) is 29.4 Å². The van der Waals surface area contributed by atoms with Crippen LogP contribution in [-0.2, 0) is 20.3 Å². The number of aromatic nitrogens is 5. The van der Waals surface area contributed by atoms with Gasteiger partial charge in [0.05, 0.1) is 17.3 Å². The molecule has 176 valence electrons. The molecule has 0 amide bonds. The van der Waals surface area contributed by atoms with Crippen molar-refractivity contribution in [2.24, 2.45) is 19.5 Å². The van der Waals surface area contributed by atoms with Crippen molar-refractivity contribution in [3.63, 3.8) is 0 Å². The van der Waals surface area contributed by atoms with E-state index in [1.54, 1.807) is 34.8 Å². The lowest BCUT2D eigenvalue weighted by Gasteiger charge is -2.16. The Morgan fingerprint density at radius 1 is 1.15 bits per heavy atom. The Morgan fingerprint density at radius 2 is 1.94 bits per heavy atom. The van der Waals surface area contributed by atoms with Crippen LogP contribution in [0.25, 0.3) is 11.4 Å². The summed E-state index contributed by atoms with van der Waals surface area (Å²) in [6, 6.07) is 5.78. The van der Waals surface area contributed by atoms with E-state index in [0.717, 1.165) is 66.8 Å². The first-order chi connectivity index (χ1) is 15.7. The van der Waals surface area contributed by atoms with Crippen LogP contribution in [0, 0.1) is 5.41 Å². The number of aryl methyl sites for hydroxylation is 1. The molecular weight excluding hydrogens is 449 g/mol. The lowest BCUT2D eigenvalue weighted by Crippen LogP contribution is -2.23. The first kappa shape index (κ1) is 22.5. The van der Waals surface area contributed by atoms with E-state index in [1.807, 2.05) is 24.9 Å². The number of likely N-dealkylation sites (tertiary alicyclic amines) is 1. The highest BCUT2D eigenvalue weighted by molar-refractivity contribution is 7.99. The molecule has 1 saturated carbocycles. The maximum atomic E-state index is 12.8. The molecule has 1 unspecified atom stereocenters. The Kier molecular flexibility index (Phi) is 5.76. The van der Waals surface area contributed by atoms with Crippen LogP contribution in [0.15, 0.2) is 41.8 Å². The Hall–Kier alpha value is -2.33. The third-order valence-corrected chi connectivity index (χ3v) is 8.05. The van der Waals surface area contributed by atoms with Crippen LogP contribution >= 0.6 is 11.8 Å². The van der Waals surface area contributed by atoms with E-state index in [9.17, 15) is 13.2 Å². The zero-order valence-corrected chi connectivity index (χ0v) is 19.5. The average molecular weight is 477 g/mol. The maximum Gasteiger partial charge on any atom is 0.416 e. The van der Waals surface area contributed by atoms with Crippen molar-refractivity contribution in [1.29, 1.82) is 0 Å². The van der Waals surface area contributed by atoms with Gasteiger partial charge in [0, 0.05) is 32.6 Å². The van der Waals surface area contributed by atoms with Crippen molar-refractivity contribution < 1.29 is 13.2 Å². The highest BCUT2D eigenvalue weighted by Gasteiger charge is 2.57. The van der Waals surface area contributed by atoms with Crippen molar-refractivity contribution in [3.05, 3.63) is 47.8 Å². The van der Waals surface area contributed by atoms with Crippen LogP contribution in [-0.4, -0.2) is 54.8 Å². The van der Waals surface area contributed by atoms with E-state index in [4.69, 9.17) is 0 Å². The summed E-state index contributed by atoms with van der Waals surface area (Å²) in [6.45, 7) is 3.14. The molecule has 3 heterocycles.